The average Bonchev–Trinajstić information content (AvgIpc) is 2.54. The molecule has 0 aliphatic heterocycles. The van der Waals surface area contributed by atoms with Crippen LogP contribution in [-0.2, 0) is 11.2 Å². The molecule has 0 atom stereocenters. The summed E-state index contributed by atoms with van der Waals surface area (Å²) in [5.41, 5.74) is 1.19. The zero-order valence-corrected chi connectivity index (χ0v) is 16.2. The first-order chi connectivity index (χ1) is 11.4. The molecule has 0 saturated heterocycles. The lowest BCUT2D eigenvalue weighted by Gasteiger charge is -2.25. The summed E-state index contributed by atoms with van der Waals surface area (Å²) in [6, 6.07) is 15.4. The second-order valence-corrected chi connectivity index (χ2v) is 7.79. The average molecular weight is 411 g/mol. The van der Waals surface area contributed by atoms with Crippen LogP contribution in [0.25, 0.3) is 0 Å². The summed E-state index contributed by atoms with van der Waals surface area (Å²) in [5.74, 6) is 0.363. The number of carbonyl (C=O) groups is 1. The first kappa shape index (κ1) is 18.8. The third kappa shape index (κ3) is 6.17. The number of ether oxygens (including phenoxy) is 1. The standard InChI is InChI=1S/C19H21BrClNO2/c1-19(2,11-14-7-9-15(20)10-8-14)13-22-18(23)12-24-17-6-4-3-5-16(17)21/h3-10H,11-13H2,1-2H3,(H,22,23). The Kier molecular flexibility index (Phi) is 6.69. The van der Waals surface area contributed by atoms with E-state index in [0.29, 0.717) is 17.3 Å². The van der Waals surface area contributed by atoms with Crippen molar-refractivity contribution in [3.8, 4) is 5.75 Å². The lowest BCUT2D eigenvalue weighted by Crippen LogP contribution is -2.37. The highest BCUT2D eigenvalue weighted by Crippen LogP contribution is 2.23. The molecule has 0 fully saturated rings. The number of halogens is 2. The van der Waals surface area contributed by atoms with E-state index < -0.39 is 0 Å². The van der Waals surface area contributed by atoms with Gasteiger partial charge in [-0.15, -0.1) is 0 Å². The fraction of sp³-hybridized carbons (Fsp3) is 0.316. The van der Waals surface area contributed by atoms with Crippen molar-refractivity contribution in [2.45, 2.75) is 20.3 Å². The minimum atomic E-state index is -0.154. The summed E-state index contributed by atoms with van der Waals surface area (Å²) < 4.78 is 6.51. The molecule has 2 aromatic rings. The van der Waals surface area contributed by atoms with Crippen LogP contribution in [0.1, 0.15) is 19.4 Å². The normalized spacial score (nSPS) is 11.2. The lowest BCUT2D eigenvalue weighted by molar-refractivity contribution is -0.123. The number of benzene rings is 2. The Morgan fingerprint density at radius 2 is 1.83 bits per heavy atom. The van der Waals surface area contributed by atoms with Gasteiger partial charge in [-0.1, -0.05) is 65.6 Å². The van der Waals surface area contributed by atoms with Crippen molar-refractivity contribution in [3.63, 3.8) is 0 Å². The van der Waals surface area contributed by atoms with Gasteiger partial charge in [0.1, 0.15) is 5.75 Å². The van der Waals surface area contributed by atoms with Crippen molar-refractivity contribution < 1.29 is 9.53 Å². The van der Waals surface area contributed by atoms with Crippen molar-refractivity contribution in [2.75, 3.05) is 13.2 Å². The van der Waals surface area contributed by atoms with Crippen LogP contribution in [0.2, 0.25) is 5.02 Å². The Morgan fingerprint density at radius 1 is 1.17 bits per heavy atom. The van der Waals surface area contributed by atoms with E-state index in [2.05, 4.69) is 47.2 Å². The molecule has 0 heterocycles. The van der Waals surface area contributed by atoms with Crippen molar-refractivity contribution in [3.05, 3.63) is 63.6 Å². The Labute approximate surface area is 156 Å². The maximum atomic E-state index is 12.0. The Hall–Kier alpha value is -1.52. The Balaban J connectivity index is 1.79. The van der Waals surface area contributed by atoms with Gasteiger partial charge >= 0.3 is 0 Å². The summed E-state index contributed by atoms with van der Waals surface area (Å²) in [4.78, 5) is 12.0. The van der Waals surface area contributed by atoms with E-state index >= 15 is 0 Å². The predicted molar refractivity (Wildman–Crippen MR) is 102 cm³/mol. The highest BCUT2D eigenvalue weighted by Gasteiger charge is 2.19. The van der Waals surface area contributed by atoms with Crippen molar-refractivity contribution >= 4 is 33.4 Å². The van der Waals surface area contributed by atoms with E-state index in [0.717, 1.165) is 10.9 Å². The van der Waals surface area contributed by atoms with E-state index in [9.17, 15) is 4.79 Å². The fourth-order valence-electron chi connectivity index (χ4n) is 2.31. The summed E-state index contributed by atoms with van der Waals surface area (Å²) >= 11 is 9.43. The van der Waals surface area contributed by atoms with Crippen molar-refractivity contribution in [1.29, 1.82) is 0 Å². The highest BCUT2D eigenvalue weighted by atomic mass is 79.9. The zero-order chi connectivity index (χ0) is 17.6. The lowest BCUT2D eigenvalue weighted by atomic mass is 9.85. The third-order valence-electron chi connectivity index (χ3n) is 3.56. The van der Waals surface area contributed by atoms with Gasteiger partial charge in [0, 0.05) is 11.0 Å². The van der Waals surface area contributed by atoms with Crippen LogP contribution in [0.5, 0.6) is 5.75 Å². The van der Waals surface area contributed by atoms with Gasteiger partial charge in [-0.2, -0.15) is 0 Å². The molecule has 1 amide bonds. The van der Waals surface area contributed by atoms with Crippen LogP contribution in [0.15, 0.2) is 53.0 Å². The molecule has 1 N–H and O–H groups in total. The van der Waals surface area contributed by atoms with Crippen LogP contribution in [0, 0.1) is 5.41 Å². The molecule has 0 unspecified atom stereocenters. The zero-order valence-electron chi connectivity index (χ0n) is 13.8. The molecule has 0 aliphatic rings. The van der Waals surface area contributed by atoms with Crippen LogP contribution < -0.4 is 10.1 Å². The van der Waals surface area contributed by atoms with Gasteiger partial charge in [0.2, 0.25) is 0 Å². The number of rotatable bonds is 7. The molecular formula is C19H21BrClNO2. The predicted octanol–water partition coefficient (Wildman–Crippen LogP) is 4.87. The van der Waals surface area contributed by atoms with E-state index in [1.165, 1.54) is 5.56 Å². The summed E-state index contributed by atoms with van der Waals surface area (Å²) in [6.45, 7) is 4.79. The molecule has 0 aliphatic carbocycles. The van der Waals surface area contributed by atoms with Gasteiger partial charge in [0.15, 0.2) is 6.61 Å². The first-order valence-corrected chi connectivity index (χ1v) is 8.91. The van der Waals surface area contributed by atoms with Gasteiger partial charge in [-0.25, -0.2) is 0 Å². The van der Waals surface area contributed by atoms with Crippen molar-refractivity contribution in [2.24, 2.45) is 5.41 Å². The highest BCUT2D eigenvalue weighted by molar-refractivity contribution is 9.10. The second kappa shape index (κ2) is 8.54. The molecule has 0 bridgehead atoms. The van der Waals surface area contributed by atoms with Crippen molar-refractivity contribution in [1.82, 2.24) is 5.32 Å². The fourth-order valence-corrected chi connectivity index (χ4v) is 2.77. The number of para-hydroxylation sites is 1. The maximum absolute atomic E-state index is 12.0. The van der Waals surface area contributed by atoms with Gasteiger partial charge in [-0.3, -0.25) is 4.79 Å². The SMILES string of the molecule is CC(C)(CNC(=O)COc1ccccc1Cl)Cc1ccc(Br)cc1. The monoisotopic (exact) mass is 409 g/mol. The topological polar surface area (TPSA) is 38.3 Å². The molecule has 0 saturated carbocycles. The minimum Gasteiger partial charge on any atom is -0.482 e. The maximum Gasteiger partial charge on any atom is 0.257 e. The third-order valence-corrected chi connectivity index (χ3v) is 4.40. The number of amides is 1. The smallest absolute Gasteiger partial charge is 0.257 e. The molecule has 2 rings (SSSR count). The number of nitrogens with one attached hydrogen (secondary N) is 1. The first-order valence-electron chi connectivity index (χ1n) is 7.74. The van der Waals surface area contributed by atoms with E-state index in [4.69, 9.17) is 16.3 Å². The van der Waals surface area contributed by atoms with E-state index in [1.807, 2.05) is 24.3 Å². The van der Waals surface area contributed by atoms with Crippen LogP contribution in [-0.4, -0.2) is 19.1 Å². The molecular weight excluding hydrogens is 390 g/mol. The summed E-state index contributed by atoms with van der Waals surface area (Å²) in [7, 11) is 0. The Morgan fingerprint density at radius 3 is 2.50 bits per heavy atom. The number of carbonyl (C=O) groups excluding carboxylic acids is 1. The van der Waals surface area contributed by atoms with Crippen LogP contribution in [0.3, 0.4) is 0 Å². The van der Waals surface area contributed by atoms with E-state index in [-0.39, 0.29) is 17.9 Å². The quantitative estimate of drug-likeness (QED) is 0.707. The second-order valence-electron chi connectivity index (χ2n) is 6.46. The van der Waals surface area contributed by atoms with Gasteiger partial charge in [0.05, 0.1) is 5.02 Å². The molecule has 3 nitrogen and oxygen atoms in total. The molecule has 24 heavy (non-hydrogen) atoms. The number of hydrogen-bond donors (Lipinski definition) is 1. The molecule has 128 valence electrons. The Bertz CT molecular complexity index is 686. The minimum absolute atomic E-state index is 0.0436. The molecule has 0 radical (unpaired) electrons. The van der Waals surface area contributed by atoms with E-state index in [1.54, 1.807) is 12.1 Å². The summed E-state index contributed by atoms with van der Waals surface area (Å²) in [6.07, 6.45) is 0.881. The molecule has 0 spiro atoms. The number of hydrogen-bond acceptors (Lipinski definition) is 2. The van der Waals surface area contributed by atoms with Gasteiger partial charge < -0.3 is 10.1 Å². The molecule has 5 heteroatoms. The molecule has 0 aromatic heterocycles. The largest absolute Gasteiger partial charge is 0.482 e. The van der Waals surface area contributed by atoms with Crippen LogP contribution >= 0.6 is 27.5 Å². The van der Waals surface area contributed by atoms with Gasteiger partial charge in [-0.05, 0) is 41.7 Å². The van der Waals surface area contributed by atoms with Gasteiger partial charge in [0.25, 0.3) is 5.91 Å². The summed E-state index contributed by atoms with van der Waals surface area (Å²) in [5, 5.41) is 3.43. The van der Waals surface area contributed by atoms with Crippen LogP contribution in [0.4, 0.5) is 0 Å². The molecule has 2 aromatic carbocycles.